The lowest BCUT2D eigenvalue weighted by Gasteiger charge is -2.45. The number of carbonyl (C=O) groups excluding carboxylic acids is 1. The zero-order valence-electron chi connectivity index (χ0n) is 15.6. The number of ether oxygens (including phenoxy) is 2. The number of aliphatic imine (C=N–C) groups is 1. The third-order valence-corrected chi connectivity index (χ3v) is 5.19. The number of guanidine groups is 1. The quantitative estimate of drug-likeness (QED) is 0.863. The van der Waals surface area contributed by atoms with Crippen LogP contribution in [-0.2, 0) is 15.1 Å². The second-order valence-corrected chi connectivity index (χ2v) is 6.88. The fraction of sp³-hybridized carbons (Fsp3) is 0.368. The lowest BCUT2D eigenvalue weighted by Crippen LogP contribution is -2.58. The Labute approximate surface area is 161 Å². The van der Waals surface area contributed by atoms with Gasteiger partial charge in [0.1, 0.15) is 17.1 Å². The molecular formula is C19H20FN5O3. The van der Waals surface area contributed by atoms with Crippen molar-refractivity contribution < 1.29 is 18.7 Å². The number of nitrogens with two attached hydrogens (primary N) is 1. The minimum atomic E-state index is -1.23. The molecule has 146 valence electrons. The minimum Gasteiger partial charge on any atom is -0.437 e. The van der Waals surface area contributed by atoms with Crippen molar-refractivity contribution in [2.24, 2.45) is 16.6 Å². The monoisotopic (exact) mass is 385 g/mol. The van der Waals surface area contributed by atoms with Gasteiger partial charge >= 0.3 is 0 Å². The number of hydrogen-bond acceptors (Lipinski definition) is 7. The van der Waals surface area contributed by atoms with Gasteiger partial charge in [-0.2, -0.15) is 0 Å². The van der Waals surface area contributed by atoms with Crippen molar-refractivity contribution in [2.45, 2.75) is 18.9 Å². The van der Waals surface area contributed by atoms with Gasteiger partial charge in [-0.05, 0) is 31.5 Å². The molecule has 1 saturated heterocycles. The summed E-state index contributed by atoms with van der Waals surface area (Å²) in [6.45, 7) is 2.22. The van der Waals surface area contributed by atoms with Crippen LogP contribution in [0.15, 0.2) is 35.6 Å². The standard InChI is InChI=1S/C19H20FN5O3/c1-11-16(23-7-6-22-11)28-12-3-4-15(20)14(9-12)19-10-27-8-5-13(19)17(26)25(2)18(21)24-19/h3-4,6-7,9,13H,5,8,10H2,1-2H3,(H2,21,24)/t13-,19-/m0/s1. The first-order valence-corrected chi connectivity index (χ1v) is 8.88. The van der Waals surface area contributed by atoms with Crippen molar-refractivity contribution in [3.05, 3.63) is 47.7 Å². The molecule has 0 radical (unpaired) electrons. The molecule has 2 aliphatic rings. The molecule has 0 unspecified atom stereocenters. The van der Waals surface area contributed by atoms with E-state index in [-0.39, 0.29) is 24.0 Å². The Morgan fingerprint density at radius 2 is 2.14 bits per heavy atom. The van der Waals surface area contributed by atoms with Gasteiger partial charge in [0.05, 0.1) is 18.2 Å². The molecule has 1 aromatic heterocycles. The van der Waals surface area contributed by atoms with Crippen molar-refractivity contribution in [3.8, 4) is 11.6 Å². The molecule has 8 nitrogen and oxygen atoms in total. The Morgan fingerprint density at radius 1 is 1.36 bits per heavy atom. The summed E-state index contributed by atoms with van der Waals surface area (Å²) in [6, 6.07) is 4.30. The van der Waals surface area contributed by atoms with Gasteiger partial charge in [0.15, 0.2) is 5.96 Å². The highest BCUT2D eigenvalue weighted by Crippen LogP contribution is 2.44. The lowest BCUT2D eigenvalue weighted by atomic mass is 9.74. The van der Waals surface area contributed by atoms with E-state index in [9.17, 15) is 9.18 Å². The number of amides is 1. The number of aromatic nitrogens is 2. The van der Waals surface area contributed by atoms with E-state index in [2.05, 4.69) is 15.0 Å². The zero-order chi connectivity index (χ0) is 19.9. The fourth-order valence-corrected chi connectivity index (χ4v) is 3.66. The van der Waals surface area contributed by atoms with E-state index in [0.717, 1.165) is 0 Å². The third kappa shape index (κ3) is 2.88. The van der Waals surface area contributed by atoms with Crippen LogP contribution in [0.3, 0.4) is 0 Å². The number of rotatable bonds is 3. The second-order valence-electron chi connectivity index (χ2n) is 6.88. The molecule has 9 heteroatoms. The van der Waals surface area contributed by atoms with Gasteiger partial charge in [-0.1, -0.05) is 0 Å². The summed E-state index contributed by atoms with van der Waals surface area (Å²) < 4.78 is 26.3. The van der Waals surface area contributed by atoms with Crippen LogP contribution in [0.4, 0.5) is 4.39 Å². The van der Waals surface area contributed by atoms with Crippen LogP contribution >= 0.6 is 0 Å². The number of hydrogen-bond donors (Lipinski definition) is 1. The van der Waals surface area contributed by atoms with Gasteiger partial charge in [0, 0.05) is 31.6 Å². The summed E-state index contributed by atoms with van der Waals surface area (Å²) in [6.07, 6.45) is 3.49. The van der Waals surface area contributed by atoms with Crippen molar-refractivity contribution >= 4 is 11.9 Å². The molecule has 2 aliphatic heterocycles. The predicted molar refractivity (Wildman–Crippen MR) is 98.2 cm³/mol. The Morgan fingerprint density at radius 3 is 2.93 bits per heavy atom. The third-order valence-electron chi connectivity index (χ3n) is 5.19. The molecule has 0 bridgehead atoms. The van der Waals surface area contributed by atoms with Gasteiger partial charge in [-0.25, -0.2) is 14.4 Å². The molecule has 0 aliphatic carbocycles. The van der Waals surface area contributed by atoms with Crippen molar-refractivity contribution in [2.75, 3.05) is 20.3 Å². The molecule has 2 aromatic rings. The van der Waals surface area contributed by atoms with Crippen molar-refractivity contribution in [3.63, 3.8) is 0 Å². The number of aryl methyl sites for hydroxylation is 1. The van der Waals surface area contributed by atoms with E-state index in [1.165, 1.54) is 29.3 Å². The first-order valence-electron chi connectivity index (χ1n) is 8.88. The first-order chi connectivity index (χ1) is 13.4. The highest BCUT2D eigenvalue weighted by Gasteiger charge is 2.52. The summed E-state index contributed by atoms with van der Waals surface area (Å²) in [7, 11) is 1.56. The fourth-order valence-electron chi connectivity index (χ4n) is 3.66. The van der Waals surface area contributed by atoms with Crippen molar-refractivity contribution in [1.29, 1.82) is 0 Å². The van der Waals surface area contributed by atoms with Gasteiger partial charge < -0.3 is 15.2 Å². The molecule has 0 spiro atoms. The largest absolute Gasteiger partial charge is 0.437 e. The topological polar surface area (TPSA) is 103 Å². The molecule has 1 amide bonds. The van der Waals surface area contributed by atoms with Crippen LogP contribution in [0, 0.1) is 18.7 Å². The van der Waals surface area contributed by atoms with Gasteiger partial charge in [0.25, 0.3) is 0 Å². The summed E-state index contributed by atoms with van der Waals surface area (Å²) in [5.41, 5.74) is 5.54. The average Bonchev–Trinajstić information content (AvgIpc) is 2.69. The van der Waals surface area contributed by atoms with Crippen LogP contribution in [0.1, 0.15) is 17.7 Å². The molecule has 1 aromatic carbocycles. The summed E-state index contributed by atoms with van der Waals surface area (Å²) >= 11 is 0. The Bertz CT molecular complexity index is 966. The molecular weight excluding hydrogens is 365 g/mol. The number of fused-ring (bicyclic) bond motifs is 1. The summed E-state index contributed by atoms with van der Waals surface area (Å²) in [5, 5.41) is 0. The number of carbonyl (C=O) groups is 1. The molecule has 2 atom stereocenters. The van der Waals surface area contributed by atoms with Gasteiger partial charge in [0.2, 0.25) is 11.8 Å². The Hall–Kier alpha value is -3.07. The van der Waals surface area contributed by atoms with E-state index in [4.69, 9.17) is 15.2 Å². The average molecular weight is 385 g/mol. The lowest BCUT2D eigenvalue weighted by molar-refractivity contribution is -0.140. The van der Waals surface area contributed by atoms with Crippen molar-refractivity contribution in [1.82, 2.24) is 14.9 Å². The summed E-state index contributed by atoms with van der Waals surface area (Å²) in [4.78, 5) is 26.9. The van der Waals surface area contributed by atoms with Crippen LogP contribution in [0.25, 0.3) is 0 Å². The summed E-state index contributed by atoms with van der Waals surface area (Å²) in [5.74, 6) is -0.571. The second kappa shape index (κ2) is 6.83. The van der Waals surface area contributed by atoms with E-state index in [0.29, 0.717) is 30.4 Å². The van der Waals surface area contributed by atoms with Crippen LogP contribution in [0.2, 0.25) is 0 Å². The van der Waals surface area contributed by atoms with E-state index >= 15 is 0 Å². The molecule has 1 fully saturated rings. The number of benzene rings is 1. The Balaban J connectivity index is 1.81. The van der Waals surface area contributed by atoms with Gasteiger partial charge in [-0.15, -0.1) is 0 Å². The van der Waals surface area contributed by atoms with Crippen LogP contribution in [0.5, 0.6) is 11.6 Å². The smallest absolute Gasteiger partial charge is 0.240 e. The minimum absolute atomic E-state index is 0.0299. The normalized spacial score (nSPS) is 24.5. The molecule has 2 N–H and O–H groups in total. The Kier molecular flexibility index (Phi) is 4.46. The maximum Gasteiger partial charge on any atom is 0.240 e. The number of nitrogens with zero attached hydrogens (tertiary/aromatic N) is 4. The molecule has 28 heavy (non-hydrogen) atoms. The molecule has 3 heterocycles. The van der Waals surface area contributed by atoms with Gasteiger partial charge in [-0.3, -0.25) is 14.7 Å². The van der Waals surface area contributed by atoms with E-state index < -0.39 is 17.3 Å². The molecule has 0 saturated carbocycles. The first kappa shape index (κ1) is 18.3. The zero-order valence-corrected chi connectivity index (χ0v) is 15.6. The van der Waals surface area contributed by atoms with E-state index in [1.807, 2.05) is 0 Å². The van der Waals surface area contributed by atoms with E-state index in [1.54, 1.807) is 20.2 Å². The van der Waals surface area contributed by atoms with Crippen LogP contribution in [-0.4, -0.2) is 47.0 Å². The predicted octanol–water partition coefficient (Wildman–Crippen LogP) is 1.73. The molecule has 4 rings (SSSR count). The van der Waals surface area contributed by atoms with Crippen LogP contribution < -0.4 is 10.5 Å². The maximum atomic E-state index is 14.9. The highest BCUT2D eigenvalue weighted by atomic mass is 19.1. The highest BCUT2D eigenvalue weighted by molar-refractivity contribution is 6.00. The SMILES string of the molecule is Cc1nccnc1Oc1ccc(F)c([C@]23COCC[C@H]2C(=O)N(C)C(N)=N3)c1. The maximum absolute atomic E-state index is 14.9. The number of halogens is 1.